The Morgan fingerprint density at radius 1 is 1.28 bits per heavy atom. The maximum absolute atomic E-state index is 12.3. The Morgan fingerprint density at radius 2 is 2.00 bits per heavy atom. The van der Waals surface area contributed by atoms with E-state index >= 15 is 0 Å². The van der Waals surface area contributed by atoms with Gasteiger partial charge in [-0.1, -0.05) is 46.5 Å². The maximum Gasteiger partial charge on any atom is 0.251 e. The predicted octanol–water partition coefficient (Wildman–Crippen LogP) is 3.74. The molecule has 0 heterocycles. The molecule has 1 saturated carbocycles. The Hall–Kier alpha value is -0.830. The van der Waals surface area contributed by atoms with Crippen molar-refractivity contribution in [2.75, 3.05) is 0 Å². The minimum atomic E-state index is 0.0625. The fourth-order valence-corrected chi connectivity index (χ4v) is 3.20. The zero-order chi connectivity index (χ0) is 13.1. The van der Waals surface area contributed by atoms with Crippen molar-refractivity contribution in [1.29, 1.82) is 0 Å². The molecule has 1 aromatic carbocycles. The molecular weight excluding hydrogens is 290 g/mol. The van der Waals surface area contributed by atoms with Gasteiger partial charge in [0.1, 0.15) is 0 Å². The Bertz CT molecular complexity index is 444. The van der Waals surface area contributed by atoms with Gasteiger partial charge < -0.3 is 5.32 Å². The second-order valence-corrected chi connectivity index (χ2v) is 6.37. The molecule has 98 valence electrons. The number of halogens is 1. The molecule has 0 bridgehead atoms. The van der Waals surface area contributed by atoms with E-state index in [2.05, 4.69) is 21.2 Å². The maximum atomic E-state index is 12.3. The van der Waals surface area contributed by atoms with Crippen LogP contribution in [0.5, 0.6) is 0 Å². The van der Waals surface area contributed by atoms with Crippen LogP contribution in [0.15, 0.2) is 18.2 Å². The van der Waals surface area contributed by atoms with Crippen molar-refractivity contribution in [3.05, 3.63) is 34.9 Å². The van der Waals surface area contributed by atoms with Crippen molar-refractivity contribution >= 4 is 21.8 Å². The molecule has 3 heteroatoms. The van der Waals surface area contributed by atoms with Crippen LogP contribution in [-0.2, 0) is 0 Å². The smallest absolute Gasteiger partial charge is 0.251 e. The Labute approximate surface area is 117 Å². The number of hydrogen-bond donors (Lipinski definition) is 1. The van der Waals surface area contributed by atoms with Crippen LogP contribution in [0.1, 0.15) is 47.2 Å². The zero-order valence-corrected chi connectivity index (χ0v) is 12.6. The molecule has 2 unspecified atom stereocenters. The molecule has 0 saturated heterocycles. The van der Waals surface area contributed by atoms with Crippen LogP contribution >= 0.6 is 15.9 Å². The Balaban J connectivity index is 2.09. The molecule has 1 aliphatic carbocycles. The molecule has 1 aliphatic rings. The van der Waals surface area contributed by atoms with Crippen molar-refractivity contribution in [3.8, 4) is 0 Å². The number of nitrogens with one attached hydrogen (secondary N) is 1. The summed E-state index contributed by atoms with van der Waals surface area (Å²) in [6, 6.07) is 6.29. The van der Waals surface area contributed by atoms with E-state index < -0.39 is 0 Å². The third kappa shape index (κ3) is 3.14. The molecule has 0 radical (unpaired) electrons. The molecule has 1 aromatic rings. The minimum absolute atomic E-state index is 0.0625. The quantitative estimate of drug-likeness (QED) is 0.828. The highest BCUT2D eigenvalue weighted by molar-refractivity contribution is 9.09. The molecule has 2 nitrogen and oxygen atoms in total. The highest BCUT2D eigenvalue weighted by Gasteiger charge is 2.24. The molecule has 1 amide bonds. The van der Waals surface area contributed by atoms with Crippen LogP contribution in [0, 0.1) is 13.8 Å². The average Bonchev–Trinajstić information content (AvgIpc) is 2.35. The van der Waals surface area contributed by atoms with E-state index in [9.17, 15) is 4.79 Å². The first-order valence-electron chi connectivity index (χ1n) is 6.60. The number of aryl methyl sites for hydroxylation is 2. The highest BCUT2D eigenvalue weighted by atomic mass is 79.9. The summed E-state index contributed by atoms with van der Waals surface area (Å²) in [5.74, 6) is 0.0625. The fraction of sp³-hybridized carbons (Fsp3) is 0.533. The minimum Gasteiger partial charge on any atom is -0.348 e. The fourth-order valence-electron chi connectivity index (χ4n) is 2.47. The highest BCUT2D eigenvalue weighted by Crippen LogP contribution is 2.25. The van der Waals surface area contributed by atoms with Gasteiger partial charge in [0, 0.05) is 16.4 Å². The lowest BCUT2D eigenvalue weighted by Gasteiger charge is -2.28. The van der Waals surface area contributed by atoms with Gasteiger partial charge in [0.25, 0.3) is 5.91 Å². The lowest BCUT2D eigenvalue weighted by atomic mass is 9.94. The largest absolute Gasteiger partial charge is 0.348 e. The summed E-state index contributed by atoms with van der Waals surface area (Å²) in [7, 11) is 0. The second kappa shape index (κ2) is 5.87. The van der Waals surface area contributed by atoms with Gasteiger partial charge in [-0.3, -0.25) is 4.79 Å². The molecule has 0 aliphatic heterocycles. The van der Waals surface area contributed by atoms with Crippen LogP contribution in [0.3, 0.4) is 0 Å². The molecule has 2 rings (SSSR count). The average molecular weight is 310 g/mol. The molecule has 1 N–H and O–H groups in total. The van der Waals surface area contributed by atoms with Crippen LogP contribution < -0.4 is 5.32 Å². The number of alkyl halides is 1. The van der Waals surface area contributed by atoms with Crippen LogP contribution in [-0.4, -0.2) is 16.8 Å². The van der Waals surface area contributed by atoms with Gasteiger partial charge in [0.15, 0.2) is 0 Å². The van der Waals surface area contributed by atoms with E-state index in [1.54, 1.807) is 0 Å². The molecule has 0 aromatic heterocycles. The summed E-state index contributed by atoms with van der Waals surface area (Å²) in [6.07, 6.45) is 4.69. The van der Waals surface area contributed by atoms with Gasteiger partial charge in [-0.15, -0.1) is 0 Å². The van der Waals surface area contributed by atoms with Gasteiger partial charge in [0.2, 0.25) is 0 Å². The number of carbonyl (C=O) groups excluding carboxylic acids is 1. The summed E-state index contributed by atoms with van der Waals surface area (Å²) >= 11 is 3.67. The first-order chi connectivity index (χ1) is 8.58. The van der Waals surface area contributed by atoms with Gasteiger partial charge >= 0.3 is 0 Å². The summed E-state index contributed by atoms with van der Waals surface area (Å²) < 4.78 is 0. The Morgan fingerprint density at radius 3 is 2.72 bits per heavy atom. The zero-order valence-electron chi connectivity index (χ0n) is 11.0. The lowest BCUT2D eigenvalue weighted by molar-refractivity contribution is 0.0929. The molecular formula is C15H20BrNO. The Kier molecular flexibility index (Phi) is 4.44. The number of benzene rings is 1. The summed E-state index contributed by atoms with van der Waals surface area (Å²) in [5.41, 5.74) is 2.98. The first kappa shape index (κ1) is 13.6. The number of rotatable bonds is 2. The lowest BCUT2D eigenvalue weighted by Crippen LogP contribution is -2.42. The van der Waals surface area contributed by atoms with Gasteiger partial charge in [0.05, 0.1) is 0 Å². The van der Waals surface area contributed by atoms with Crippen LogP contribution in [0.4, 0.5) is 0 Å². The van der Waals surface area contributed by atoms with Crippen molar-refractivity contribution in [3.63, 3.8) is 0 Å². The van der Waals surface area contributed by atoms with Crippen molar-refractivity contribution in [1.82, 2.24) is 5.32 Å². The van der Waals surface area contributed by atoms with E-state index in [1.807, 2.05) is 32.0 Å². The molecule has 1 fully saturated rings. The molecule has 2 atom stereocenters. The number of amides is 1. The van der Waals surface area contributed by atoms with Gasteiger partial charge in [-0.25, -0.2) is 0 Å². The monoisotopic (exact) mass is 309 g/mol. The standard InChI is InChI=1S/C15H20BrNO/c1-10-7-8-11(2)12(9-10)15(18)17-14-6-4-3-5-13(14)16/h7-9,13-14H,3-6H2,1-2H3,(H,17,18). The van der Waals surface area contributed by atoms with Gasteiger partial charge in [-0.05, 0) is 38.3 Å². The third-order valence-electron chi connectivity index (χ3n) is 3.64. The molecule has 0 spiro atoms. The van der Waals surface area contributed by atoms with E-state index in [1.165, 1.54) is 12.8 Å². The number of carbonyl (C=O) groups is 1. The van der Waals surface area contributed by atoms with Crippen molar-refractivity contribution < 1.29 is 4.79 Å². The SMILES string of the molecule is Cc1ccc(C)c(C(=O)NC2CCCCC2Br)c1. The van der Waals surface area contributed by atoms with Crippen LogP contribution in [0.25, 0.3) is 0 Å². The number of hydrogen-bond acceptors (Lipinski definition) is 1. The van der Waals surface area contributed by atoms with E-state index in [0.29, 0.717) is 4.83 Å². The van der Waals surface area contributed by atoms with Crippen LogP contribution in [0.2, 0.25) is 0 Å². The first-order valence-corrected chi connectivity index (χ1v) is 7.51. The van der Waals surface area contributed by atoms with E-state index in [0.717, 1.165) is 29.5 Å². The third-order valence-corrected chi connectivity index (χ3v) is 4.73. The van der Waals surface area contributed by atoms with E-state index in [4.69, 9.17) is 0 Å². The predicted molar refractivity (Wildman–Crippen MR) is 78.4 cm³/mol. The molecule has 18 heavy (non-hydrogen) atoms. The van der Waals surface area contributed by atoms with E-state index in [-0.39, 0.29) is 11.9 Å². The summed E-state index contributed by atoms with van der Waals surface area (Å²) in [4.78, 5) is 12.7. The van der Waals surface area contributed by atoms with Crippen molar-refractivity contribution in [2.45, 2.75) is 50.4 Å². The van der Waals surface area contributed by atoms with Crippen molar-refractivity contribution in [2.24, 2.45) is 0 Å². The normalized spacial score (nSPS) is 23.7. The summed E-state index contributed by atoms with van der Waals surface area (Å²) in [5, 5.41) is 3.17. The van der Waals surface area contributed by atoms with Gasteiger partial charge in [-0.2, -0.15) is 0 Å². The topological polar surface area (TPSA) is 29.1 Å². The second-order valence-electron chi connectivity index (χ2n) is 5.20. The summed E-state index contributed by atoms with van der Waals surface area (Å²) in [6.45, 7) is 4.00.